The fourth-order valence-electron chi connectivity index (χ4n) is 2.71. The van der Waals surface area contributed by atoms with E-state index < -0.39 is 50.9 Å². The zero-order valence-electron chi connectivity index (χ0n) is 13.2. The van der Waals surface area contributed by atoms with Gasteiger partial charge in [-0.25, -0.2) is 0 Å². The van der Waals surface area contributed by atoms with Gasteiger partial charge in [-0.2, -0.15) is 26.3 Å². The van der Waals surface area contributed by atoms with E-state index in [9.17, 15) is 41.6 Å². The molecule has 0 heterocycles. The van der Waals surface area contributed by atoms with Gasteiger partial charge >= 0.3 is 12.4 Å². The minimum absolute atomic E-state index is 0.193. The maximum atomic E-state index is 14.1. The van der Waals surface area contributed by atoms with Crippen molar-refractivity contribution < 1.29 is 36.4 Å². The molecule has 13 heteroatoms. The van der Waals surface area contributed by atoms with E-state index in [-0.39, 0.29) is 13.2 Å². The number of nitrogen functional groups attached to an aromatic ring is 1. The Balaban J connectivity index is 3.07. The van der Waals surface area contributed by atoms with Crippen LogP contribution >= 0.6 is 45.2 Å². The number of benzene rings is 2. The van der Waals surface area contributed by atoms with Crippen LogP contribution < -0.4 is 5.73 Å². The first-order chi connectivity index (χ1) is 12.6. The molecule has 0 spiro atoms. The van der Waals surface area contributed by atoms with Gasteiger partial charge in [0.2, 0.25) is 5.41 Å². The summed E-state index contributed by atoms with van der Waals surface area (Å²) in [6.07, 6.45) is -11.9. The normalized spacial score (nSPS) is 12.9. The SMILES string of the molecule is Nc1cc(C(c2cc(I)cc([N+](=O)[O-])c2)(C(F)(F)F)C(F)(F)F)cc(I)c1O. The van der Waals surface area contributed by atoms with Gasteiger partial charge in [0, 0.05) is 15.7 Å². The number of nitrogens with zero attached hydrogens (tertiary/aromatic N) is 1. The lowest BCUT2D eigenvalue weighted by Crippen LogP contribution is -2.55. The maximum absolute atomic E-state index is 14.1. The summed E-state index contributed by atoms with van der Waals surface area (Å²) in [5, 5.41) is 20.7. The lowest BCUT2D eigenvalue weighted by Gasteiger charge is -2.38. The second-order valence-electron chi connectivity index (χ2n) is 5.60. The van der Waals surface area contributed by atoms with E-state index >= 15 is 0 Å². The van der Waals surface area contributed by atoms with Gasteiger partial charge in [0.15, 0.2) is 5.75 Å². The van der Waals surface area contributed by atoms with Gasteiger partial charge in [-0.1, -0.05) is 0 Å². The van der Waals surface area contributed by atoms with Crippen molar-refractivity contribution >= 4 is 56.6 Å². The molecular weight excluding hydrogens is 624 g/mol. The first-order valence-electron chi connectivity index (χ1n) is 7.00. The Bertz CT molecular complexity index is 909. The van der Waals surface area contributed by atoms with Crippen LogP contribution in [0, 0.1) is 17.3 Å². The molecule has 3 N–H and O–H groups in total. The second-order valence-corrected chi connectivity index (χ2v) is 8.00. The van der Waals surface area contributed by atoms with Gasteiger partial charge in [0.25, 0.3) is 5.69 Å². The van der Waals surface area contributed by atoms with Crippen molar-refractivity contribution in [2.24, 2.45) is 0 Å². The molecule has 2 aromatic carbocycles. The smallest absolute Gasteiger partial charge is 0.411 e. The van der Waals surface area contributed by atoms with Crippen LogP contribution in [0.2, 0.25) is 0 Å². The van der Waals surface area contributed by atoms with E-state index in [1.807, 2.05) is 0 Å². The van der Waals surface area contributed by atoms with Crippen LogP contribution in [-0.2, 0) is 5.41 Å². The van der Waals surface area contributed by atoms with Crippen LogP contribution in [0.1, 0.15) is 11.1 Å². The van der Waals surface area contributed by atoms with E-state index in [4.69, 9.17) is 5.73 Å². The monoisotopic (exact) mass is 632 g/mol. The average Bonchev–Trinajstić information content (AvgIpc) is 2.49. The number of hydrogen-bond donors (Lipinski definition) is 2. The number of nitrogens with two attached hydrogens (primary N) is 1. The van der Waals surface area contributed by atoms with Crippen molar-refractivity contribution in [1.82, 2.24) is 0 Å². The lowest BCUT2D eigenvalue weighted by atomic mass is 9.72. The molecule has 0 saturated heterocycles. The molecule has 0 radical (unpaired) electrons. The molecule has 0 aliphatic carbocycles. The molecule has 0 saturated carbocycles. The summed E-state index contributed by atoms with van der Waals surface area (Å²) < 4.78 is 83.9. The van der Waals surface area contributed by atoms with Crippen molar-refractivity contribution in [3.63, 3.8) is 0 Å². The first-order valence-corrected chi connectivity index (χ1v) is 9.16. The molecule has 2 rings (SSSR count). The van der Waals surface area contributed by atoms with Crippen molar-refractivity contribution in [2.45, 2.75) is 17.8 Å². The van der Waals surface area contributed by atoms with Crippen molar-refractivity contribution in [3.8, 4) is 5.75 Å². The van der Waals surface area contributed by atoms with Gasteiger partial charge in [-0.3, -0.25) is 10.1 Å². The highest BCUT2D eigenvalue weighted by Gasteiger charge is 2.73. The van der Waals surface area contributed by atoms with Crippen LogP contribution in [0.3, 0.4) is 0 Å². The topological polar surface area (TPSA) is 89.4 Å². The van der Waals surface area contributed by atoms with E-state index in [0.717, 1.165) is 6.07 Å². The fraction of sp³-hybridized carbons (Fsp3) is 0.200. The van der Waals surface area contributed by atoms with E-state index in [1.54, 1.807) is 0 Å². The van der Waals surface area contributed by atoms with E-state index in [1.165, 1.54) is 45.2 Å². The Morgan fingerprint density at radius 2 is 1.43 bits per heavy atom. The van der Waals surface area contributed by atoms with Crippen LogP contribution in [-0.4, -0.2) is 22.4 Å². The van der Waals surface area contributed by atoms with Crippen LogP contribution in [0.5, 0.6) is 5.75 Å². The number of halogens is 8. The third-order valence-corrected chi connectivity index (χ3v) is 5.35. The summed E-state index contributed by atoms with van der Waals surface area (Å²) in [6.45, 7) is 0. The summed E-state index contributed by atoms with van der Waals surface area (Å²) in [4.78, 5) is 9.92. The average molecular weight is 632 g/mol. The predicted octanol–water partition coefficient (Wildman–Crippen LogP) is 5.50. The molecule has 152 valence electrons. The fourth-order valence-corrected chi connectivity index (χ4v) is 4.02. The highest BCUT2D eigenvalue weighted by Crippen LogP contribution is 2.57. The highest BCUT2D eigenvalue weighted by molar-refractivity contribution is 14.1. The van der Waals surface area contributed by atoms with Crippen molar-refractivity contribution in [2.75, 3.05) is 5.73 Å². The molecule has 28 heavy (non-hydrogen) atoms. The molecule has 0 amide bonds. The molecule has 2 aromatic rings. The van der Waals surface area contributed by atoms with Gasteiger partial charge in [0.1, 0.15) is 0 Å². The van der Waals surface area contributed by atoms with Crippen LogP contribution in [0.4, 0.5) is 37.7 Å². The van der Waals surface area contributed by atoms with Gasteiger partial charge < -0.3 is 10.8 Å². The quantitative estimate of drug-likeness (QED) is 0.117. The Labute approximate surface area is 180 Å². The number of alkyl halides is 6. The molecule has 0 bridgehead atoms. The minimum atomic E-state index is -5.93. The molecule has 0 aliphatic heterocycles. The highest BCUT2D eigenvalue weighted by atomic mass is 127. The molecule has 0 atom stereocenters. The minimum Gasteiger partial charge on any atom is -0.505 e. The third-order valence-electron chi connectivity index (χ3n) is 3.90. The number of non-ortho nitro benzene ring substituents is 1. The number of rotatable bonds is 3. The molecule has 0 unspecified atom stereocenters. The second kappa shape index (κ2) is 7.38. The zero-order chi connectivity index (χ0) is 21.7. The van der Waals surface area contributed by atoms with Gasteiger partial charge in [0.05, 0.1) is 14.2 Å². The number of anilines is 1. The summed E-state index contributed by atoms with van der Waals surface area (Å²) >= 11 is 2.73. The number of phenolic OH excluding ortho intramolecular Hbond substituents is 1. The first kappa shape index (κ1) is 22.8. The largest absolute Gasteiger partial charge is 0.505 e. The molecule has 0 aromatic heterocycles. The van der Waals surface area contributed by atoms with E-state index in [2.05, 4.69) is 0 Å². The molecule has 5 nitrogen and oxygen atoms in total. The van der Waals surface area contributed by atoms with Crippen molar-refractivity contribution in [3.05, 3.63) is 58.7 Å². The standard InChI is InChI=1S/C15H8F6I2N2O3/c16-14(17,18)13(15(19,20)21,7-3-10(23)12(26)11(24)4-7)6-1-8(22)5-9(2-6)25(27)28/h1-5,26H,24H2. The molecule has 0 fully saturated rings. The third kappa shape index (κ3) is 3.69. The molecular formula is C15H8F6I2N2O3. The Hall–Kier alpha value is -1.52. The summed E-state index contributed by atoms with van der Waals surface area (Å²) in [7, 11) is 0. The zero-order valence-corrected chi connectivity index (χ0v) is 17.5. The Kier molecular flexibility index (Phi) is 6.00. The number of phenols is 1. The number of hydrogen-bond acceptors (Lipinski definition) is 4. The number of aromatic hydroxyl groups is 1. The molecule has 0 aliphatic rings. The van der Waals surface area contributed by atoms with Crippen LogP contribution in [0.15, 0.2) is 30.3 Å². The van der Waals surface area contributed by atoms with E-state index in [0.29, 0.717) is 18.2 Å². The summed E-state index contributed by atoms with van der Waals surface area (Å²) in [5.41, 5.74) is -3.53. The van der Waals surface area contributed by atoms with Gasteiger partial charge in [-0.05, 0) is 74.5 Å². The number of nitro benzene ring substituents is 1. The van der Waals surface area contributed by atoms with Gasteiger partial charge in [-0.15, -0.1) is 0 Å². The Morgan fingerprint density at radius 3 is 1.86 bits per heavy atom. The Morgan fingerprint density at radius 1 is 0.929 bits per heavy atom. The predicted molar refractivity (Wildman–Crippen MR) is 104 cm³/mol. The number of nitro groups is 1. The lowest BCUT2D eigenvalue weighted by molar-refractivity contribution is -0.385. The van der Waals surface area contributed by atoms with Crippen LogP contribution in [0.25, 0.3) is 0 Å². The maximum Gasteiger partial charge on any atom is 0.411 e. The summed E-state index contributed by atoms with van der Waals surface area (Å²) in [5.74, 6) is -0.670. The summed E-state index contributed by atoms with van der Waals surface area (Å²) in [6, 6.07) is 2.52. The van der Waals surface area contributed by atoms with Crippen molar-refractivity contribution in [1.29, 1.82) is 0 Å².